The molecule has 0 unspecified atom stereocenters. The van der Waals surface area contributed by atoms with Gasteiger partial charge in [0.15, 0.2) is 6.10 Å². The first-order valence-corrected chi connectivity index (χ1v) is 7.40. The zero-order valence-electron chi connectivity index (χ0n) is 13.5. The molecule has 0 spiro atoms. The van der Waals surface area contributed by atoms with Gasteiger partial charge in [0, 0.05) is 26.2 Å². The van der Waals surface area contributed by atoms with Crippen LogP contribution in [0.1, 0.15) is 27.6 Å². The Labute approximate surface area is 139 Å². The number of amides is 2. The number of aliphatic hydroxyl groups is 1. The second-order valence-corrected chi connectivity index (χ2v) is 5.57. The van der Waals surface area contributed by atoms with Crippen LogP contribution in [-0.2, 0) is 11.3 Å². The van der Waals surface area contributed by atoms with Gasteiger partial charge in [-0.2, -0.15) is 0 Å². The van der Waals surface area contributed by atoms with Gasteiger partial charge in [-0.1, -0.05) is 24.3 Å². The van der Waals surface area contributed by atoms with Crippen molar-refractivity contribution in [2.75, 3.05) is 14.1 Å². The molecule has 0 aliphatic rings. The van der Waals surface area contributed by atoms with Crippen molar-refractivity contribution < 1.29 is 19.1 Å². The van der Waals surface area contributed by atoms with E-state index in [2.05, 4.69) is 5.32 Å². The zero-order valence-corrected chi connectivity index (χ0v) is 13.5. The molecule has 5 nitrogen and oxygen atoms in total. The minimum atomic E-state index is -1.38. The average Bonchev–Trinajstić information content (AvgIpc) is 2.59. The molecule has 0 saturated heterocycles. The number of carbonyl (C=O) groups excluding carboxylic acids is 2. The summed E-state index contributed by atoms with van der Waals surface area (Å²) in [6, 6.07) is 12.0. The van der Waals surface area contributed by atoms with Crippen LogP contribution < -0.4 is 5.32 Å². The number of benzene rings is 2. The second-order valence-electron chi connectivity index (χ2n) is 5.57. The monoisotopic (exact) mass is 330 g/mol. The first-order valence-electron chi connectivity index (χ1n) is 7.40. The van der Waals surface area contributed by atoms with Crippen molar-refractivity contribution >= 4 is 11.8 Å². The Morgan fingerprint density at radius 1 is 1.17 bits per heavy atom. The standard InChI is InChI=1S/C18H19FN2O3/c1-21(2)18(24)14-5-3-4-12(10-14)11-20-17(23)16(22)13-6-8-15(19)9-7-13/h3-10,16,22H,11H2,1-2H3,(H,20,23)/t16-/m1/s1. The summed E-state index contributed by atoms with van der Waals surface area (Å²) in [5, 5.41) is 12.6. The molecule has 0 saturated carbocycles. The Morgan fingerprint density at radius 3 is 2.46 bits per heavy atom. The highest BCUT2D eigenvalue weighted by molar-refractivity contribution is 5.94. The van der Waals surface area contributed by atoms with Gasteiger partial charge in [0.25, 0.3) is 11.8 Å². The summed E-state index contributed by atoms with van der Waals surface area (Å²) in [4.78, 5) is 25.4. The van der Waals surface area contributed by atoms with Gasteiger partial charge < -0.3 is 15.3 Å². The lowest BCUT2D eigenvalue weighted by atomic mass is 10.1. The van der Waals surface area contributed by atoms with Crippen LogP contribution in [0.5, 0.6) is 0 Å². The summed E-state index contributed by atoms with van der Waals surface area (Å²) in [5.74, 6) is -1.16. The number of nitrogens with zero attached hydrogens (tertiary/aromatic N) is 1. The molecule has 0 aliphatic carbocycles. The van der Waals surface area contributed by atoms with Gasteiger partial charge >= 0.3 is 0 Å². The fourth-order valence-corrected chi connectivity index (χ4v) is 2.15. The van der Waals surface area contributed by atoms with Crippen molar-refractivity contribution in [2.45, 2.75) is 12.6 Å². The summed E-state index contributed by atoms with van der Waals surface area (Å²) in [7, 11) is 3.33. The van der Waals surface area contributed by atoms with Crippen LogP contribution in [0.2, 0.25) is 0 Å². The fourth-order valence-electron chi connectivity index (χ4n) is 2.15. The lowest BCUT2D eigenvalue weighted by Crippen LogP contribution is -2.29. The minimum absolute atomic E-state index is 0.130. The van der Waals surface area contributed by atoms with Crippen LogP contribution in [-0.4, -0.2) is 35.9 Å². The zero-order chi connectivity index (χ0) is 17.7. The van der Waals surface area contributed by atoms with E-state index in [-0.39, 0.29) is 12.5 Å². The van der Waals surface area contributed by atoms with Gasteiger partial charge in [0.05, 0.1) is 0 Å². The van der Waals surface area contributed by atoms with Gasteiger partial charge in [-0.3, -0.25) is 9.59 Å². The summed E-state index contributed by atoms with van der Waals surface area (Å²) < 4.78 is 12.9. The fraction of sp³-hybridized carbons (Fsp3) is 0.222. The number of carbonyl (C=O) groups is 2. The molecule has 0 aliphatic heterocycles. The molecular formula is C18H19FN2O3. The molecule has 126 valence electrons. The third-order valence-electron chi connectivity index (χ3n) is 3.48. The summed E-state index contributed by atoms with van der Waals surface area (Å²) >= 11 is 0. The van der Waals surface area contributed by atoms with Crippen LogP contribution in [0.15, 0.2) is 48.5 Å². The first kappa shape index (κ1) is 17.6. The van der Waals surface area contributed by atoms with E-state index in [4.69, 9.17) is 0 Å². The molecule has 0 bridgehead atoms. The van der Waals surface area contributed by atoms with Gasteiger partial charge in [0.1, 0.15) is 5.82 Å². The van der Waals surface area contributed by atoms with E-state index in [1.807, 2.05) is 0 Å². The third kappa shape index (κ3) is 4.39. The maximum Gasteiger partial charge on any atom is 0.253 e. The van der Waals surface area contributed by atoms with Crippen LogP contribution in [0, 0.1) is 5.82 Å². The number of hydrogen-bond donors (Lipinski definition) is 2. The van der Waals surface area contributed by atoms with E-state index in [0.29, 0.717) is 11.1 Å². The topological polar surface area (TPSA) is 69.6 Å². The lowest BCUT2D eigenvalue weighted by Gasteiger charge is -2.13. The molecule has 2 amide bonds. The molecule has 2 aromatic rings. The van der Waals surface area contributed by atoms with Crippen molar-refractivity contribution in [1.29, 1.82) is 0 Å². The SMILES string of the molecule is CN(C)C(=O)c1cccc(CNC(=O)[C@H](O)c2ccc(F)cc2)c1. The highest BCUT2D eigenvalue weighted by Crippen LogP contribution is 2.14. The van der Waals surface area contributed by atoms with E-state index < -0.39 is 17.8 Å². The molecule has 0 aromatic heterocycles. The van der Waals surface area contributed by atoms with E-state index in [1.165, 1.54) is 29.2 Å². The van der Waals surface area contributed by atoms with Gasteiger partial charge in [-0.15, -0.1) is 0 Å². The molecule has 0 radical (unpaired) electrons. The molecule has 0 heterocycles. The Hall–Kier alpha value is -2.73. The minimum Gasteiger partial charge on any atom is -0.378 e. The average molecular weight is 330 g/mol. The van der Waals surface area contributed by atoms with Crippen LogP contribution in [0.25, 0.3) is 0 Å². The van der Waals surface area contributed by atoms with Crippen molar-refractivity contribution in [3.8, 4) is 0 Å². The Balaban J connectivity index is 2.00. The number of halogens is 1. The van der Waals surface area contributed by atoms with Crippen molar-refractivity contribution in [2.24, 2.45) is 0 Å². The molecule has 2 aromatic carbocycles. The van der Waals surface area contributed by atoms with E-state index in [9.17, 15) is 19.1 Å². The lowest BCUT2D eigenvalue weighted by molar-refractivity contribution is -0.129. The number of rotatable bonds is 5. The molecule has 6 heteroatoms. The van der Waals surface area contributed by atoms with E-state index >= 15 is 0 Å². The highest BCUT2D eigenvalue weighted by Gasteiger charge is 2.17. The van der Waals surface area contributed by atoms with Crippen molar-refractivity contribution in [1.82, 2.24) is 10.2 Å². The third-order valence-corrected chi connectivity index (χ3v) is 3.48. The largest absolute Gasteiger partial charge is 0.378 e. The van der Waals surface area contributed by atoms with Crippen molar-refractivity contribution in [3.05, 3.63) is 71.0 Å². The predicted molar refractivity (Wildman–Crippen MR) is 87.7 cm³/mol. The molecule has 2 N–H and O–H groups in total. The smallest absolute Gasteiger partial charge is 0.253 e. The van der Waals surface area contributed by atoms with E-state index in [0.717, 1.165) is 5.56 Å². The molecule has 2 rings (SSSR count). The molecule has 1 atom stereocenters. The van der Waals surface area contributed by atoms with E-state index in [1.54, 1.807) is 38.4 Å². The predicted octanol–water partition coefficient (Wildman–Crippen LogP) is 1.88. The summed E-state index contributed by atoms with van der Waals surface area (Å²) in [6.45, 7) is 0.172. The molecule has 0 fully saturated rings. The van der Waals surface area contributed by atoms with Crippen LogP contribution >= 0.6 is 0 Å². The highest BCUT2D eigenvalue weighted by atomic mass is 19.1. The molecule has 24 heavy (non-hydrogen) atoms. The van der Waals surface area contributed by atoms with Crippen molar-refractivity contribution in [3.63, 3.8) is 0 Å². The van der Waals surface area contributed by atoms with Gasteiger partial charge in [0.2, 0.25) is 0 Å². The Bertz CT molecular complexity index is 729. The Kier molecular flexibility index (Phi) is 5.65. The van der Waals surface area contributed by atoms with Crippen LogP contribution in [0.4, 0.5) is 4.39 Å². The number of hydrogen-bond acceptors (Lipinski definition) is 3. The summed E-state index contributed by atoms with van der Waals surface area (Å²) in [5.41, 5.74) is 1.57. The number of nitrogens with one attached hydrogen (secondary N) is 1. The normalized spacial score (nSPS) is 11.7. The summed E-state index contributed by atoms with van der Waals surface area (Å²) in [6.07, 6.45) is -1.38. The van der Waals surface area contributed by atoms with Crippen LogP contribution in [0.3, 0.4) is 0 Å². The van der Waals surface area contributed by atoms with Gasteiger partial charge in [-0.05, 0) is 35.4 Å². The van der Waals surface area contributed by atoms with Gasteiger partial charge in [-0.25, -0.2) is 4.39 Å². The maximum absolute atomic E-state index is 12.9. The maximum atomic E-state index is 12.9. The first-order chi connectivity index (χ1) is 11.4. The Morgan fingerprint density at radius 2 is 1.83 bits per heavy atom. The number of aliphatic hydroxyl groups excluding tert-OH is 1. The second kappa shape index (κ2) is 7.70. The quantitative estimate of drug-likeness (QED) is 0.879. The molecular weight excluding hydrogens is 311 g/mol.